The number of hydrogen-bond donors (Lipinski definition) is 0. The monoisotopic (exact) mass is 351 g/mol. The van der Waals surface area contributed by atoms with Gasteiger partial charge in [-0.15, -0.1) is 0 Å². The van der Waals surface area contributed by atoms with E-state index in [9.17, 15) is 14.4 Å². The molecule has 26 heavy (non-hydrogen) atoms. The van der Waals surface area contributed by atoms with Crippen LogP contribution in [0.1, 0.15) is 30.6 Å². The Hall–Kier alpha value is -2.43. The molecular weight excluding hydrogens is 330 g/mol. The van der Waals surface area contributed by atoms with Crippen molar-refractivity contribution in [1.29, 1.82) is 0 Å². The number of benzene rings is 1. The lowest BCUT2D eigenvalue weighted by Crippen LogP contribution is -2.40. The molecule has 4 aliphatic carbocycles. The number of esters is 1. The Balaban J connectivity index is 1.42. The van der Waals surface area contributed by atoms with Crippen LogP contribution in [0.25, 0.3) is 0 Å². The number of hydrogen-bond acceptors (Lipinski definition) is 4. The van der Waals surface area contributed by atoms with E-state index in [-0.39, 0.29) is 41.6 Å². The fourth-order valence-electron chi connectivity index (χ4n) is 5.24. The van der Waals surface area contributed by atoms with Gasteiger partial charge < -0.3 is 4.74 Å². The number of amides is 2. The Labute approximate surface area is 152 Å². The van der Waals surface area contributed by atoms with Gasteiger partial charge in [0.05, 0.1) is 29.2 Å². The van der Waals surface area contributed by atoms with Gasteiger partial charge in [0, 0.05) is 0 Å². The number of anilines is 1. The Bertz CT molecular complexity index is 804. The molecule has 1 aromatic rings. The maximum Gasteiger partial charge on any atom is 0.338 e. The topological polar surface area (TPSA) is 63.7 Å². The molecule has 2 amide bonds. The summed E-state index contributed by atoms with van der Waals surface area (Å²) < 4.78 is 5.18. The highest BCUT2D eigenvalue weighted by atomic mass is 16.5. The number of carbonyl (C=O) groups excluding carboxylic acids is 3. The zero-order chi connectivity index (χ0) is 18.2. The molecule has 6 atom stereocenters. The zero-order valence-electron chi connectivity index (χ0n) is 14.8. The van der Waals surface area contributed by atoms with Crippen LogP contribution < -0.4 is 4.90 Å². The van der Waals surface area contributed by atoms with Crippen molar-refractivity contribution < 1.29 is 19.1 Å². The lowest BCUT2D eigenvalue weighted by Gasteiger charge is -2.37. The number of allylic oxidation sites excluding steroid dienone is 2. The molecule has 0 unspecified atom stereocenters. The average molecular weight is 351 g/mol. The number of rotatable bonds is 3. The second-order valence-corrected chi connectivity index (χ2v) is 8.17. The Kier molecular flexibility index (Phi) is 3.21. The van der Waals surface area contributed by atoms with Crippen molar-refractivity contribution in [3.05, 3.63) is 42.0 Å². The van der Waals surface area contributed by atoms with Crippen LogP contribution >= 0.6 is 0 Å². The third-order valence-corrected chi connectivity index (χ3v) is 6.37. The van der Waals surface area contributed by atoms with E-state index in [1.807, 2.05) is 0 Å². The number of imide groups is 1. The van der Waals surface area contributed by atoms with E-state index in [2.05, 4.69) is 12.2 Å². The maximum atomic E-state index is 13.0. The molecule has 0 N–H and O–H groups in total. The SMILES string of the molecule is CC(C)OC(=O)c1ccc(N2C(=O)[C@@H]3[C@H]4C=C[C@@H]([C@@H]5C[C@H]45)[C@@H]3C2=O)cc1. The van der Waals surface area contributed by atoms with Gasteiger partial charge >= 0.3 is 5.97 Å². The van der Waals surface area contributed by atoms with E-state index in [1.165, 1.54) is 4.90 Å². The quantitative estimate of drug-likeness (QED) is 0.477. The van der Waals surface area contributed by atoms with Crippen LogP contribution in [-0.2, 0) is 14.3 Å². The summed E-state index contributed by atoms with van der Waals surface area (Å²) in [5.74, 6) is 0.658. The summed E-state index contributed by atoms with van der Waals surface area (Å²) in [6.07, 6.45) is 5.29. The van der Waals surface area contributed by atoms with Crippen LogP contribution in [-0.4, -0.2) is 23.9 Å². The fourth-order valence-corrected chi connectivity index (χ4v) is 5.24. The Morgan fingerprint density at radius 1 is 1.00 bits per heavy atom. The fraction of sp³-hybridized carbons (Fsp3) is 0.476. The summed E-state index contributed by atoms with van der Waals surface area (Å²) in [5, 5.41) is 0. The van der Waals surface area contributed by atoms with Gasteiger partial charge in [-0.2, -0.15) is 0 Å². The van der Waals surface area contributed by atoms with Gasteiger partial charge in [0.2, 0.25) is 11.8 Å². The maximum absolute atomic E-state index is 13.0. The molecule has 0 aromatic heterocycles. The standard InChI is InChI=1S/C21H21NO4/c1-10(2)26-21(25)11-3-5-12(6-4-11)22-19(23)17-13-7-8-14(16-9-15(13)16)18(17)20(22)24/h3-8,10,13-18H,9H2,1-2H3/t13-,14-,15-,16+,17-,18+/m0/s1. The molecule has 1 aromatic carbocycles. The van der Waals surface area contributed by atoms with Crippen molar-refractivity contribution in [2.45, 2.75) is 26.4 Å². The number of nitrogens with zero attached hydrogens (tertiary/aromatic N) is 1. The van der Waals surface area contributed by atoms with Gasteiger partial charge in [0.1, 0.15) is 0 Å². The summed E-state index contributed by atoms with van der Waals surface area (Å²) >= 11 is 0. The molecule has 0 spiro atoms. The molecule has 2 saturated carbocycles. The molecule has 5 aliphatic rings. The predicted molar refractivity (Wildman–Crippen MR) is 94.2 cm³/mol. The van der Waals surface area contributed by atoms with Gasteiger partial charge in [-0.1, -0.05) is 12.2 Å². The first kappa shape index (κ1) is 15.8. The first-order chi connectivity index (χ1) is 12.5. The summed E-state index contributed by atoms with van der Waals surface area (Å²) in [6.45, 7) is 3.59. The van der Waals surface area contributed by atoms with Gasteiger partial charge in [0.25, 0.3) is 0 Å². The van der Waals surface area contributed by atoms with E-state index in [1.54, 1.807) is 38.1 Å². The van der Waals surface area contributed by atoms with Gasteiger partial charge in [-0.05, 0) is 68.2 Å². The summed E-state index contributed by atoms with van der Waals surface area (Å²) in [7, 11) is 0. The Morgan fingerprint density at radius 2 is 1.54 bits per heavy atom. The molecule has 6 rings (SSSR count). The van der Waals surface area contributed by atoms with Crippen LogP contribution in [0.15, 0.2) is 36.4 Å². The third kappa shape index (κ3) is 2.06. The minimum atomic E-state index is -0.401. The van der Waals surface area contributed by atoms with Gasteiger partial charge in [0.15, 0.2) is 0 Å². The summed E-state index contributed by atoms with van der Waals surface area (Å²) in [5.41, 5.74) is 0.963. The van der Waals surface area contributed by atoms with E-state index in [4.69, 9.17) is 4.74 Å². The lowest BCUT2D eigenvalue weighted by atomic mass is 9.63. The van der Waals surface area contributed by atoms with Crippen molar-refractivity contribution in [1.82, 2.24) is 0 Å². The molecule has 2 bridgehead atoms. The van der Waals surface area contributed by atoms with Crippen molar-refractivity contribution in [2.24, 2.45) is 35.5 Å². The highest BCUT2D eigenvalue weighted by Crippen LogP contribution is 2.65. The van der Waals surface area contributed by atoms with E-state index in [0.29, 0.717) is 23.1 Å². The van der Waals surface area contributed by atoms with E-state index >= 15 is 0 Å². The molecule has 0 radical (unpaired) electrons. The molecule has 1 heterocycles. The number of ether oxygens (including phenoxy) is 1. The van der Waals surface area contributed by atoms with Crippen LogP contribution in [0.4, 0.5) is 5.69 Å². The predicted octanol–water partition coefficient (Wildman–Crippen LogP) is 2.81. The van der Waals surface area contributed by atoms with E-state index < -0.39 is 5.97 Å². The minimum Gasteiger partial charge on any atom is -0.459 e. The Morgan fingerprint density at radius 3 is 2.04 bits per heavy atom. The van der Waals surface area contributed by atoms with Crippen LogP contribution in [0.2, 0.25) is 0 Å². The second-order valence-electron chi connectivity index (χ2n) is 8.17. The van der Waals surface area contributed by atoms with Crippen molar-refractivity contribution >= 4 is 23.5 Å². The van der Waals surface area contributed by atoms with Crippen molar-refractivity contribution in [3.63, 3.8) is 0 Å². The molecule has 1 aliphatic heterocycles. The smallest absolute Gasteiger partial charge is 0.338 e. The molecule has 134 valence electrons. The summed E-state index contributed by atoms with van der Waals surface area (Å²) in [6, 6.07) is 6.57. The normalized spacial score (nSPS) is 36.3. The molecule has 1 saturated heterocycles. The lowest BCUT2D eigenvalue weighted by molar-refractivity contribution is -0.124. The van der Waals surface area contributed by atoms with Crippen molar-refractivity contribution in [3.8, 4) is 0 Å². The second kappa shape index (κ2) is 5.29. The largest absolute Gasteiger partial charge is 0.459 e. The van der Waals surface area contributed by atoms with Crippen molar-refractivity contribution in [2.75, 3.05) is 4.90 Å². The molecule has 5 nitrogen and oxygen atoms in total. The molecule has 5 heteroatoms. The van der Waals surface area contributed by atoms with Crippen LogP contribution in [0.5, 0.6) is 0 Å². The third-order valence-electron chi connectivity index (χ3n) is 6.37. The molecule has 3 fully saturated rings. The first-order valence-corrected chi connectivity index (χ1v) is 9.34. The van der Waals surface area contributed by atoms with Crippen LogP contribution in [0.3, 0.4) is 0 Å². The highest BCUT2D eigenvalue weighted by Gasteiger charge is 2.67. The minimum absolute atomic E-state index is 0.0813. The van der Waals surface area contributed by atoms with Crippen LogP contribution in [0, 0.1) is 35.5 Å². The molecular formula is C21H21NO4. The van der Waals surface area contributed by atoms with Gasteiger partial charge in [-0.3, -0.25) is 14.5 Å². The average Bonchev–Trinajstić information content (AvgIpc) is 3.39. The van der Waals surface area contributed by atoms with E-state index in [0.717, 1.165) is 6.42 Å². The zero-order valence-corrected chi connectivity index (χ0v) is 14.8. The summed E-state index contributed by atoms with van der Waals surface area (Å²) in [4.78, 5) is 39.4. The van der Waals surface area contributed by atoms with Gasteiger partial charge in [-0.25, -0.2) is 4.79 Å². The number of carbonyl (C=O) groups is 3. The highest BCUT2D eigenvalue weighted by molar-refractivity contribution is 6.22. The first-order valence-electron chi connectivity index (χ1n) is 9.34.